The lowest BCUT2D eigenvalue weighted by molar-refractivity contribution is -0.385. The molecule has 36 heavy (non-hydrogen) atoms. The molecule has 0 atom stereocenters. The van der Waals surface area contributed by atoms with E-state index in [-0.39, 0.29) is 22.3 Å². The lowest BCUT2D eigenvalue weighted by atomic mass is 9.72. The van der Waals surface area contributed by atoms with Crippen molar-refractivity contribution in [2.24, 2.45) is 10.5 Å². The lowest BCUT2D eigenvalue weighted by Gasteiger charge is -2.33. The number of nitro groups is 1. The molecule has 1 amide bonds. The Morgan fingerprint density at radius 2 is 1.81 bits per heavy atom. The van der Waals surface area contributed by atoms with Crippen molar-refractivity contribution in [2.45, 2.75) is 46.5 Å². The first kappa shape index (κ1) is 27.4. The standard InChI is InChI=1S/C27H30IN3O5/c1-26(2,3)17-27(4,5)19-8-12-24(22(14-19)31(33)34)35-16-25(32)30-29-15-21-11-13-23(36-21)18-6-9-20(28)10-7-18/h6-15H,16-17H2,1-5H3,(H,30,32). The van der Waals surface area contributed by atoms with Crippen LogP contribution in [0, 0.1) is 19.1 Å². The number of carbonyl (C=O) groups excluding carboxylic acids is 1. The van der Waals surface area contributed by atoms with Crippen LogP contribution in [0.25, 0.3) is 11.3 Å². The number of nitrogens with zero attached hydrogens (tertiary/aromatic N) is 2. The number of nitrogens with one attached hydrogen (secondary N) is 1. The molecule has 1 N–H and O–H groups in total. The summed E-state index contributed by atoms with van der Waals surface area (Å²) in [6, 6.07) is 16.3. The summed E-state index contributed by atoms with van der Waals surface area (Å²) in [5, 5.41) is 15.6. The van der Waals surface area contributed by atoms with Crippen LogP contribution in [-0.2, 0) is 10.2 Å². The van der Waals surface area contributed by atoms with E-state index >= 15 is 0 Å². The molecule has 0 fully saturated rings. The van der Waals surface area contributed by atoms with Crippen LogP contribution in [0.3, 0.4) is 0 Å². The van der Waals surface area contributed by atoms with Crippen molar-refractivity contribution >= 4 is 40.4 Å². The van der Waals surface area contributed by atoms with Gasteiger partial charge >= 0.3 is 5.69 Å². The molecule has 1 heterocycles. The Morgan fingerprint density at radius 1 is 1.11 bits per heavy atom. The van der Waals surface area contributed by atoms with Gasteiger partial charge in [0.2, 0.25) is 0 Å². The number of furan rings is 1. The molecule has 0 bridgehead atoms. The second-order valence-electron chi connectivity index (χ2n) is 10.4. The van der Waals surface area contributed by atoms with Crippen LogP contribution < -0.4 is 10.2 Å². The fourth-order valence-electron chi connectivity index (χ4n) is 4.17. The molecule has 1 aromatic heterocycles. The van der Waals surface area contributed by atoms with E-state index in [0.717, 1.165) is 21.1 Å². The van der Waals surface area contributed by atoms with Crippen LogP contribution in [0.1, 0.15) is 52.4 Å². The van der Waals surface area contributed by atoms with Crippen molar-refractivity contribution in [3.05, 3.63) is 79.6 Å². The van der Waals surface area contributed by atoms with E-state index in [0.29, 0.717) is 11.5 Å². The maximum atomic E-state index is 12.2. The van der Waals surface area contributed by atoms with Crippen molar-refractivity contribution in [2.75, 3.05) is 6.61 Å². The van der Waals surface area contributed by atoms with Gasteiger partial charge in [-0.1, -0.05) is 52.8 Å². The zero-order chi connectivity index (χ0) is 26.5. The number of hydrogen-bond acceptors (Lipinski definition) is 6. The van der Waals surface area contributed by atoms with E-state index in [4.69, 9.17) is 9.15 Å². The smallest absolute Gasteiger partial charge is 0.311 e. The second-order valence-corrected chi connectivity index (χ2v) is 11.6. The third-order valence-electron chi connectivity index (χ3n) is 5.40. The SMILES string of the molecule is CC(C)(C)CC(C)(C)c1ccc(OCC(=O)NN=Cc2ccc(-c3ccc(I)cc3)o2)c([N+](=O)[O-])c1. The predicted molar refractivity (Wildman–Crippen MR) is 148 cm³/mol. The van der Waals surface area contributed by atoms with Crippen LogP contribution >= 0.6 is 22.6 Å². The van der Waals surface area contributed by atoms with E-state index in [2.05, 4.69) is 67.7 Å². The summed E-state index contributed by atoms with van der Waals surface area (Å²) in [4.78, 5) is 23.4. The number of hydrogen-bond donors (Lipinski definition) is 1. The first-order chi connectivity index (χ1) is 16.8. The van der Waals surface area contributed by atoms with Gasteiger partial charge in [0.25, 0.3) is 5.91 Å². The van der Waals surface area contributed by atoms with Crippen LogP contribution in [-0.4, -0.2) is 23.7 Å². The molecule has 9 heteroatoms. The Hall–Kier alpha value is -3.21. The van der Waals surface area contributed by atoms with Gasteiger partial charge in [-0.05, 0) is 75.7 Å². The maximum absolute atomic E-state index is 12.2. The first-order valence-corrected chi connectivity index (χ1v) is 12.5. The fourth-order valence-corrected chi connectivity index (χ4v) is 4.53. The van der Waals surface area contributed by atoms with Gasteiger partial charge < -0.3 is 9.15 Å². The Labute approximate surface area is 224 Å². The molecule has 0 spiro atoms. The minimum absolute atomic E-state index is 0.0302. The highest BCUT2D eigenvalue weighted by molar-refractivity contribution is 14.1. The third-order valence-corrected chi connectivity index (χ3v) is 6.12. The largest absolute Gasteiger partial charge is 0.477 e. The number of hydrazone groups is 1. The summed E-state index contributed by atoms with van der Waals surface area (Å²) in [6.07, 6.45) is 2.22. The number of amides is 1. The van der Waals surface area contributed by atoms with Gasteiger partial charge in [0.1, 0.15) is 11.5 Å². The van der Waals surface area contributed by atoms with Crippen LogP contribution in [0.4, 0.5) is 5.69 Å². The second kappa shape index (κ2) is 11.2. The molecule has 0 aliphatic heterocycles. The predicted octanol–water partition coefficient (Wildman–Crippen LogP) is 6.70. The molecule has 190 valence electrons. The number of ether oxygens (including phenoxy) is 1. The van der Waals surface area contributed by atoms with Crippen molar-refractivity contribution in [1.29, 1.82) is 0 Å². The number of benzene rings is 2. The molecule has 8 nitrogen and oxygen atoms in total. The van der Waals surface area contributed by atoms with Gasteiger partial charge in [0.05, 0.1) is 11.1 Å². The summed E-state index contributed by atoms with van der Waals surface area (Å²) in [5.74, 6) is 0.627. The molecule has 0 radical (unpaired) electrons. The van der Waals surface area contributed by atoms with Crippen LogP contribution in [0.2, 0.25) is 0 Å². The first-order valence-electron chi connectivity index (χ1n) is 11.4. The topological polar surface area (TPSA) is 107 Å². The van der Waals surface area contributed by atoms with Crippen molar-refractivity contribution < 1.29 is 18.9 Å². The summed E-state index contributed by atoms with van der Waals surface area (Å²) >= 11 is 2.23. The van der Waals surface area contributed by atoms with E-state index in [1.54, 1.807) is 12.1 Å². The average Bonchev–Trinajstić information content (AvgIpc) is 3.25. The van der Waals surface area contributed by atoms with Gasteiger partial charge in [-0.25, -0.2) is 5.43 Å². The maximum Gasteiger partial charge on any atom is 0.311 e. The average molecular weight is 603 g/mol. The summed E-state index contributed by atoms with van der Waals surface area (Å²) < 4.78 is 12.3. The zero-order valence-corrected chi connectivity index (χ0v) is 23.2. The molecule has 3 rings (SSSR count). The van der Waals surface area contributed by atoms with E-state index in [1.165, 1.54) is 12.3 Å². The van der Waals surface area contributed by atoms with E-state index < -0.39 is 17.4 Å². The van der Waals surface area contributed by atoms with Gasteiger partial charge in [0, 0.05) is 15.2 Å². The molecular weight excluding hydrogens is 573 g/mol. The van der Waals surface area contributed by atoms with Gasteiger partial charge in [0.15, 0.2) is 12.4 Å². The van der Waals surface area contributed by atoms with E-state index in [9.17, 15) is 14.9 Å². The van der Waals surface area contributed by atoms with Crippen LogP contribution in [0.15, 0.2) is 64.1 Å². The molecule has 3 aromatic rings. The number of nitro benzene ring substituents is 1. The van der Waals surface area contributed by atoms with Gasteiger partial charge in [-0.3, -0.25) is 14.9 Å². The summed E-state index contributed by atoms with van der Waals surface area (Å²) in [6.45, 7) is 10.1. The lowest BCUT2D eigenvalue weighted by Crippen LogP contribution is -2.26. The monoisotopic (exact) mass is 603 g/mol. The highest BCUT2D eigenvalue weighted by atomic mass is 127. The quantitative estimate of drug-likeness (QED) is 0.127. The Kier molecular flexibility index (Phi) is 8.55. The molecule has 0 aliphatic rings. The highest BCUT2D eigenvalue weighted by Crippen LogP contribution is 2.39. The Bertz CT molecular complexity index is 1260. The third kappa shape index (κ3) is 7.64. The molecular formula is C27H30IN3O5. The highest BCUT2D eigenvalue weighted by Gasteiger charge is 2.29. The van der Waals surface area contributed by atoms with Crippen molar-refractivity contribution in [3.8, 4) is 17.1 Å². The molecule has 0 unspecified atom stereocenters. The minimum atomic E-state index is -0.554. The number of halogens is 1. The number of rotatable bonds is 9. The molecule has 0 aliphatic carbocycles. The fraction of sp³-hybridized carbons (Fsp3) is 0.333. The zero-order valence-electron chi connectivity index (χ0n) is 21.0. The minimum Gasteiger partial charge on any atom is -0.477 e. The van der Waals surface area contributed by atoms with E-state index in [1.807, 2.05) is 36.4 Å². The van der Waals surface area contributed by atoms with Crippen molar-refractivity contribution in [3.63, 3.8) is 0 Å². The summed E-state index contributed by atoms with van der Waals surface area (Å²) in [7, 11) is 0. The van der Waals surface area contributed by atoms with Gasteiger partial charge in [-0.2, -0.15) is 5.10 Å². The number of carbonyl (C=O) groups is 1. The molecule has 2 aromatic carbocycles. The van der Waals surface area contributed by atoms with Crippen molar-refractivity contribution in [1.82, 2.24) is 5.43 Å². The van der Waals surface area contributed by atoms with Crippen LogP contribution in [0.5, 0.6) is 5.75 Å². The Balaban J connectivity index is 1.60. The van der Waals surface area contributed by atoms with Gasteiger partial charge in [-0.15, -0.1) is 0 Å². The molecule has 0 saturated heterocycles. The molecule has 0 saturated carbocycles. The Morgan fingerprint density at radius 3 is 2.44 bits per heavy atom. The summed E-state index contributed by atoms with van der Waals surface area (Å²) in [5.41, 5.74) is 3.73. The normalized spacial score (nSPS) is 12.1.